The number of hydrogen-bond donors (Lipinski definition) is 2. The second kappa shape index (κ2) is 4.01. The third kappa shape index (κ3) is 1.62. The Morgan fingerprint density at radius 2 is 2.00 bits per heavy atom. The summed E-state index contributed by atoms with van der Waals surface area (Å²) in [4.78, 5) is 15.9. The van der Waals surface area contributed by atoms with Gasteiger partial charge in [0.1, 0.15) is 11.6 Å². The SMILES string of the molecule is Cc1nn(C)c2c1nc(N)n2C(C(N)=O)C(C)C. The number of nitrogens with zero attached hydrogens (tertiary/aromatic N) is 4. The van der Waals surface area contributed by atoms with Gasteiger partial charge in [0.05, 0.1) is 5.69 Å². The Bertz CT molecular complexity index is 609. The van der Waals surface area contributed by atoms with Crippen LogP contribution >= 0.6 is 0 Å². The van der Waals surface area contributed by atoms with Gasteiger partial charge in [-0.05, 0) is 12.8 Å². The third-order valence-corrected chi connectivity index (χ3v) is 3.06. The molecule has 0 fully saturated rings. The average molecular weight is 250 g/mol. The lowest BCUT2D eigenvalue weighted by atomic mass is 10.0. The van der Waals surface area contributed by atoms with E-state index in [4.69, 9.17) is 11.5 Å². The first-order chi connectivity index (χ1) is 8.34. The van der Waals surface area contributed by atoms with Crippen LogP contribution in [0, 0.1) is 12.8 Å². The molecule has 0 aliphatic rings. The van der Waals surface area contributed by atoms with E-state index in [0.717, 1.165) is 11.3 Å². The number of imidazole rings is 1. The van der Waals surface area contributed by atoms with Crippen molar-refractivity contribution < 1.29 is 4.79 Å². The van der Waals surface area contributed by atoms with Crippen molar-refractivity contribution >= 4 is 23.0 Å². The summed E-state index contributed by atoms with van der Waals surface area (Å²) in [6, 6.07) is -0.523. The average Bonchev–Trinajstić information content (AvgIpc) is 2.68. The molecule has 98 valence electrons. The molecule has 7 heteroatoms. The summed E-state index contributed by atoms with van der Waals surface area (Å²) in [6.45, 7) is 5.70. The fourth-order valence-electron chi connectivity index (χ4n) is 2.34. The van der Waals surface area contributed by atoms with Crippen molar-refractivity contribution in [2.45, 2.75) is 26.8 Å². The van der Waals surface area contributed by atoms with Gasteiger partial charge in [-0.15, -0.1) is 0 Å². The standard InChI is InChI=1S/C11H18N6O/c1-5(2)8(9(12)18)17-10-7(14-11(17)13)6(3)15-16(10)4/h5,8H,1-4H3,(H2,12,18)(H2,13,14). The van der Waals surface area contributed by atoms with Crippen molar-refractivity contribution in [3.63, 3.8) is 0 Å². The Morgan fingerprint density at radius 3 is 2.50 bits per heavy atom. The maximum absolute atomic E-state index is 11.6. The maximum atomic E-state index is 11.6. The summed E-state index contributed by atoms with van der Waals surface area (Å²) in [5.74, 6) is -0.106. The van der Waals surface area contributed by atoms with Crippen LogP contribution in [-0.4, -0.2) is 25.2 Å². The molecular formula is C11H18N6O. The van der Waals surface area contributed by atoms with Crippen molar-refractivity contribution in [1.82, 2.24) is 19.3 Å². The van der Waals surface area contributed by atoms with E-state index < -0.39 is 11.9 Å². The van der Waals surface area contributed by atoms with Crippen LogP contribution in [0.2, 0.25) is 0 Å². The maximum Gasteiger partial charge on any atom is 0.240 e. The number of carbonyl (C=O) groups is 1. The molecule has 0 saturated carbocycles. The summed E-state index contributed by atoms with van der Waals surface area (Å²) < 4.78 is 3.34. The molecule has 1 amide bonds. The minimum absolute atomic E-state index is 0.0254. The lowest BCUT2D eigenvalue weighted by Gasteiger charge is -2.20. The highest BCUT2D eigenvalue weighted by molar-refractivity contribution is 5.84. The van der Waals surface area contributed by atoms with Crippen molar-refractivity contribution in [2.24, 2.45) is 18.7 Å². The van der Waals surface area contributed by atoms with E-state index in [1.165, 1.54) is 0 Å². The zero-order valence-corrected chi connectivity index (χ0v) is 11.0. The van der Waals surface area contributed by atoms with E-state index in [0.29, 0.717) is 11.5 Å². The minimum atomic E-state index is -0.523. The van der Waals surface area contributed by atoms with E-state index in [2.05, 4.69) is 10.1 Å². The molecule has 0 radical (unpaired) electrons. The molecule has 0 spiro atoms. The van der Waals surface area contributed by atoms with Gasteiger partial charge in [-0.3, -0.25) is 14.0 Å². The van der Waals surface area contributed by atoms with Gasteiger partial charge in [0.2, 0.25) is 11.9 Å². The number of carbonyl (C=O) groups excluding carboxylic acids is 1. The topological polar surface area (TPSA) is 105 Å². The summed E-state index contributed by atoms with van der Waals surface area (Å²) in [7, 11) is 1.80. The van der Waals surface area contributed by atoms with Gasteiger partial charge in [-0.1, -0.05) is 13.8 Å². The number of aromatic nitrogens is 4. The zero-order chi connectivity index (χ0) is 13.6. The molecule has 0 aliphatic carbocycles. The molecular weight excluding hydrogens is 232 g/mol. The van der Waals surface area contributed by atoms with E-state index in [9.17, 15) is 4.79 Å². The molecule has 1 atom stereocenters. The Kier molecular flexibility index (Phi) is 2.76. The second-order valence-electron chi connectivity index (χ2n) is 4.81. The minimum Gasteiger partial charge on any atom is -0.369 e. The molecule has 0 saturated heterocycles. The number of rotatable bonds is 3. The highest BCUT2D eigenvalue weighted by Gasteiger charge is 2.28. The molecule has 7 nitrogen and oxygen atoms in total. The second-order valence-corrected chi connectivity index (χ2v) is 4.81. The summed E-state index contributed by atoms with van der Waals surface area (Å²) in [5, 5.41) is 4.28. The van der Waals surface area contributed by atoms with Crippen molar-refractivity contribution in [3.8, 4) is 0 Å². The Balaban J connectivity index is 2.76. The quantitative estimate of drug-likeness (QED) is 0.819. The Morgan fingerprint density at radius 1 is 1.39 bits per heavy atom. The molecule has 1 unspecified atom stereocenters. The highest BCUT2D eigenvalue weighted by atomic mass is 16.1. The number of nitrogens with two attached hydrogens (primary N) is 2. The van der Waals surface area contributed by atoms with Gasteiger partial charge < -0.3 is 11.5 Å². The molecule has 0 aliphatic heterocycles. The first-order valence-corrected chi connectivity index (χ1v) is 5.81. The molecule has 18 heavy (non-hydrogen) atoms. The number of primary amides is 1. The van der Waals surface area contributed by atoms with Crippen LogP contribution in [0.4, 0.5) is 5.95 Å². The first-order valence-electron chi connectivity index (χ1n) is 5.81. The predicted octanol–water partition coefficient (Wildman–Crippen LogP) is 0.343. The fourth-order valence-corrected chi connectivity index (χ4v) is 2.34. The van der Waals surface area contributed by atoms with Gasteiger partial charge in [0.25, 0.3) is 0 Å². The number of fused-ring (bicyclic) bond motifs is 1. The molecule has 2 aromatic rings. The number of aryl methyl sites for hydroxylation is 2. The smallest absolute Gasteiger partial charge is 0.240 e. The summed E-state index contributed by atoms with van der Waals surface area (Å²) in [5.41, 5.74) is 13.6. The van der Waals surface area contributed by atoms with Crippen LogP contribution < -0.4 is 11.5 Å². The monoisotopic (exact) mass is 250 g/mol. The Labute approximate surface area is 105 Å². The summed E-state index contributed by atoms with van der Waals surface area (Å²) >= 11 is 0. The first kappa shape index (κ1) is 12.4. The normalized spacial score (nSPS) is 13.4. The number of nitrogen functional groups attached to an aromatic ring is 1. The largest absolute Gasteiger partial charge is 0.369 e. The van der Waals surface area contributed by atoms with Crippen molar-refractivity contribution in [1.29, 1.82) is 0 Å². The predicted molar refractivity (Wildman–Crippen MR) is 68.7 cm³/mol. The van der Waals surface area contributed by atoms with Gasteiger partial charge in [0.15, 0.2) is 5.65 Å². The van der Waals surface area contributed by atoms with Crippen LogP contribution in [0.3, 0.4) is 0 Å². The van der Waals surface area contributed by atoms with Crippen LogP contribution in [0.5, 0.6) is 0 Å². The van der Waals surface area contributed by atoms with Crippen LogP contribution in [0.25, 0.3) is 11.2 Å². The lowest BCUT2D eigenvalue weighted by molar-refractivity contribution is -0.122. The van der Waals surface area contributed by atoms with E-state index in [1.54, 1.807) is 16.3 Å². The van der Waals surface area contributed by atoms with Gasteiger partial charge in [0, 0.05) is 7.05 Å². The van der Waals surface area contributed by atoms with Gasteiger partial charge in [-0.2, -0.15) is 5.10 Å². The van der Waals surface area contributed by atoms with Crippen LogP contribution in [0.15, 0.2) is 0 Å². The third-order valence-electron chi connectivity index (χ3n) is 3.06. The van der Waals surface area contributed by atoms with E-state index >= 15 is 0 Å². The molecule has 0 aromatic carbocycles. The van der Waals surface area contributed by atoms with Gasteiger partial charge in [-0.25, -0.2) is 4.98 Å². The van der Waals surface area contributed by atoms with E-state index in [-0.39, 0.29) is 5.92 Å². The lowest BCUT2D eigenvalue weighted by Crippen LogP contribution is -2.31. The van der Waals surface area contributed by atoms with Gasteiger partial charge >= 0.3 is 0 Å². The summed E-state index contributed by atoms with van der Waals surface area (Å²) in [6.07, 6.45) is 0. The zero-order valence-electron chi connectivity index (χ0n) is 11.0. The molecule has 2 aromatic heterocycles. The Hall–Kier alpha value is -2.05. The fraction of sp³-hybridized carbons (Fsp3) is 0.545. The highest BCUT2D eigenvalue weighted by Crippen LogP contribution is 2.28. The number of amides is 1. The van der Waals surface area contributed by atoms with Crippen molar-refractivity contribution in [2.75, 3.05) is 5.73 Å². The number of hydrogen-bond acceptors (Lipinski definition) is 4. The van der Waals surface area contributed by atoms with Crippen molar-refractivity contribution in [3.05, 3.63) is 5.69 Å². The van der Waals surface area contributed by atoms with E-state index in [1.807, 2.05) is 20.8 Å². The van der Waals surface area contributed by atoms with Crippen LogP contribution in [0.1, 0.15) is 25.6 Å². The molecule has 2 heterocycles. The molecule has 2 rings (SSSR count). The number of anilines is 1. The van der Waals surface area contributed by atoms with Crippen LogP contribution in [-0.2, 0) is 11.8 Å². The molecule has 4 N–H and O–H groups in total. The molecule has 0 bridgehead atoms.